The summed E-state index contributed by atoms with van der Waals surface area (Å²) < 4.78 is 17.2. The van der Waals surface area contributed by atoms with Gasteiger partial charge in [-0.1, -0.05) is 12.1 Å². The monoisotopic (exact) mass is 647 g/mol. The van der Waals surface area contributed by atoms with Gasteiger partial charge in [-0.3, -0.25) is 10.1 Å². The first-order valence-corrected chi connectivity index (χ1v) is 15.4. The fourth-order valence-electron chi connectivity index (χ4n) is 4.88. The topological polar surface area (TPSA) is 145 Å². The van der Waals surface area contributed by atoms with Crippen LogP contribution in [-0.2, 0) is 0 Å². The molecule has 11 nitrogen and oxygen atoms in total. The van der Waals surface area contributed by atoms with E-state index in [-0.39, 0.29) is 18.9 Å². The summed E-state index contributed by atoms with van der Waals surface area (Å²) in [7, 11) is 1.57. The number of nitrogens with one attached hydrogen (secondary N) is 2. The molecule has 0 radical (unpaired) electrons. The molecule has 2 amide bonds. The average Bonchev–Trinajstić information content (AvgIpc) is 3.63. The van der Waals surface area contributed by atoms with Crippen LogP contribution in [0.2, 0.25) is 0 Å². The fourth-order valence-corrected chi connectivity index (χ4v) is 5.61. The van der Waals surface area contributed by atoms with E-state index in [1.54, 1.807) is 73.2 Å². The van der Waals surface area contributed by atoms with Crippen molar-refractivity contribution in [1.29, 1.82) is 0 Å². The maximum atomic E-state index is 13.1. The van der Waals surface area contributed by atoms with Crippen LogP contribution in [0.1, 0.15) is 16.1 Å². The van der Waals surface area contributed by atoms with Gasteiger partial charge in [0, 0.05) is 39.3 Å². The molecular weight excluding hydrogens is 618 g/mol. The van der Waals surface area contributed by atoms with Crippen LogP contribution < -0.4 is 24.8 Å². The lowest BCUT2D eigenvalue weighted by molar-refractivity contribution is 0.102. The minimum Gasteiger partial charge on any atom is -0.490 e. The van der Waals surface area contributed by atoms with Gasteiger partial charge in [0.2, 0.25) is 5.88 Å². The second-order valence-corrected chi connectivity index (χ2v) is 11.2. The van der Waals surface area contributed by atoms with Gasteiger partial charge in [-0.05, 0) is 84.1 Å². The Bertz CT molecular complexity index is 2030. The highest BCUT2D eigenvalue weighted by Crippen LogP contribution is 2.34. The van der Waals surface area contributed by atoms with Crippen LogP contribution in [0.4, 0.5) is 16.2 Å². The average molecular weight is 648 g/mol. The Morgan fingerprint density at radius 1 is 0.830 bits per heavy atom. The summed E-state index contributed by atoms with van der Waals surface area (Å²) in [6, 6.07) is 23.4. The van der Waals surface area contributed by atoms with Crippen molar-refractivity contribution >= 4 is 45.6 Å². The first-order valence-electron chi connectivity index (χ1n) is 14.5. The molecule has 12 heteroatoms. The Kier molecular flexibility index (Phi) is 9.21. The number of benzene rings is 3. The summed E-state index contributed by atoms with van der Waals surface area (Å²) in [4.78, 5) is 38.5. The highest BCUT2D eigenvalue weighted by atomic mass is 32.1. The van der Waals surface area contributed by atoms with E-state index in [9.17, 15) is 14.7 Å². The van der Waals surface area contributed by atoms with Gasteiger partial charge < -0.3 is 24.6 Å². The molecule has 0 atom stereocenters. The summed E-state index contributed by atoms with van der Waals surface area (Å²) in [5, 5.41) is 17.2. The minimum atomic E-state index is -1.23. The predicted molar refractivity (Wildman–Crippen MR) is 181 cm³/mol. The van der Waals surface area contributed by atoms with Crippen LogP contribution in [-0.4, -0.2) is 52.4 Å². The second-order valence-electron chi connectivity index (χ2n) is 10.3. The number of carbonyl (C=O) groups is 2. The number of nitrogens with zero attached hydrogens (tertiary/aromatic N) is 3. The lowest BCUT2D eigenvalue weighted by Gasteiger charge is -2.14. The van der Waals surface area contributed by atoms with Crippen molar-refractivity contribution in [2.24, 2.45) is 0 Å². The van der Waals surface area contributed by atoms with Crippen molar-refractivity contribution in [2.75, 3.05) is 31.0 Å². The Hall–Kier alpha value is -6.01. The molecule has 47 heavy (non-hydrogen) atoms. The molecule has 3 N–H and O–H groups in total. The lowest BCUT2D eigenvalue weighted by Crippen LogP contribution is -2.15. The number of carboxylic acid groups (broad SMARTS) is 1. The summed E-state index contributed by atoms with van der Waals surface area (Å²) >= 11 is 1.55. The van der Waals surface area contributed by atoms with Crippen LogP contribution in [0.25, 0.3) is 32.5 Å². The molecule has 0 spiro atoms. The highest BCUT2D eigenvalue weighted by molar-refractivity contribution is 7.13. The van der Waals surface area contributed by atoms with E-state index in [4.69, 9.17) is 14.2 Å². The normalized spacial score (nSPS) is 10.8. The molecule has 6 rings (SSSR count). The Balaban J connectivity index is 1.10. The lowest BCUT2D eigenvalue weighted by atomic mass is 10.0. The van der Waals surface area contributed by atoms with E-state index in [0.29, 0.717) is 34.1 Å². The van der Waals surface area contributed by atoms with Crippen molar-refractivity contribution in [3.63, 3.8) is 0 Å². The SMILES string of the molecule is COc1ccc(-c2cc(OCCOc3ccc(C(=O)Nc4cc(-c5cccs5)ccc4NC(=O)O)cc3)c3ncnc(C)c3c2)cn1. The second kappa shape index (κ2) is 14.0. The molecule has 0 saturated carbocycles. The zero-order valence-corrected chi connectivity index (χ0v) is 26.2. The van der Waals surface area contributed by atoms with Gasteiger partial charge in [0.15, 0.2) is 0 Å². The number of pyridine rings is 1. The van der Waals surface area contributed by atoms with Crippen molar-refractivity contribution in [2.45, 2.75) is 6.92 Å². The van der Waals surface area contributed by atoms with Gasteiger partial charge in [0.05, 0.1) is 18.5 Å². The zero-order valence-electron chi connectivity index (χ0n) is 25.4. The summed E-state index contributed by atoms with van der Waals surface area (Å²) in [6.07, 6.45) is 2.02. The van der Waals surface area contributed by atoms with E-state index in [2.05, 4.69) is 25.6 Å². The van der Waals surface area contributed by atoms with E-state index >= 15 is 0 Å². The number of ether oxygens (including phenoxy) is 3. The maximum Gasteiger partial charge on any atom is 0.409 e. The molecule has 3 aromatic heterocycles. The van der Waals surface area contributed by atoms with Gasteiger partial charge in [-0.15, -0.1) is 11.3 Å². The van der Waals surface area contributed by atoms with E-state index in [1.165, 1.54) is 6.33 Å². The number of aryl methyl sites for hydroxylation is 1. The summed E-state index contributed by atoms with van der Waals surface area (Å²) in [6.45, 7) is 2.40. The largest absolute Gasteiger partial charge is 0.490 e. The summed E-state index contributed by atoms with van der Waals surface area (Å²) in [5.41, 5.74) is 5.17. The van der Waals surface area contributed by atoms with Crippen molar-refractivity contribution in [1.82, 2.24) is 15.0 Å². The Labute approximate surface area is 273 Å². The first-order chi connectivity index (χ1) is 22.9. The molecule has 6 aromatic rings. The van der Waals surface area contributed by atoms with Gasteiger partial charge in [-0.25, -0.2) is 19.7 Å². The third kappa shape index (κ3) is 7.29. The van der Waals surface area contributed by atoms with Gasteiger partial charge in [-0.2, -0.15) is 0 Å². The number of rotatable bonds is 11. The molecule has 0 fully saturated rings. The van der Waals surface area contributed by atoms with Crippen molar-refractivity contribution in [3.05, 3.63) is 108 Å². The Morgan fingerprint density at radius 2 is 1.64 bits per heavy atom. The molecule has 0 saturated heterocycles. The van der Waals surface area contributed by atoms with Gasteiger partial charge in [0.1, 0.15) is 36.6 Å². The zero-order chi connectivity index (χ0) is 32.8. The van der Waals surface area contributed by atoms with Crippen LogP contribution in [0.3, 0.4) is 0 Å². The highest BCUT2D eigenvalue weighted by Gasteiger charge is 2.14. The molecule has 3 heterocycles. The number of carbonyl (C=O) groups excluding carboxylic acids is 1. The molecule has 3 aromatic carbocycles. The molecule has 0 unspecified atom stereocenters. The van der Waals surface area contributed by atoms with Crippen molar-refractivity contribution in [3.8, 4) is 38.9 Å². The third-order valence-electron chi connectivity index (χ3n) is 7.22. The number of hydrogen-bond acceptors (Lipinski definition) is 9. The van der Waals surface area contributed by atoms with E-state index in [0.717, 1.165) is 32.6 Å². The number of aromatic nitrogens is 3. The number of hydrogen-bond donors (Lipinski definition) is 3. The number of thiophene rings is 1. The standard InChI is InChI=1S/C35H29N5O6S/c1-21-27-16-25(24-8-12-32(44-2)36-19-24)18-30(33(27)38-20-37-21)46-14-13-45-26-9-5-22(6-10-26)34(41)39-29-17-23(31-4-3-15-47-31)7-11-28(29)40-35(42)43/h3-12,15-20,40H,13-14H2,1-2H3,(H,39,41)(H,42,43). The first kappa shape index (κ1) is 31.0. The van der Waals surface area contributed by atoms with Crippen molar-refractivity contribution < 1.29 is 28.9 Å². The molecule has 236 valence electrons. The summed E-state index contributed by atoms with van der Waals surface area (Å²) in [5.74, 6) is 1.28. The molecular formula is C35H29N5O6S. The van der Waals surface area contributed by atoms with Gasteiger partial charge in [0.25, 0.3) is 5.91 Å². The molecule has 0 aliphatic carbocycles. The number of amides is 2. The number of methoxy groups -OCH3 is 1. The molecule has 0 aliphatic heterocycles. The Morgan fingerprint density at radius 3 is 2.36 bits per heavy atom. The predicted octanol–water partition coefficient (Wildman–Crippen LogP) is 7.54. The number of anilines is 2. The quantitative estimate of drug-likeness (QED) is 0.121. The third-order valence-corrected chi connectivity index (χ3v) is 8.14. The maximum absolute atomic E-state index is 13.1. The molecule has 0 aliphatic rings. The van der Waals surface area contributed by atoms with Crippen LogP contribution in [0.15, 0.2) is 96.8 Å². The molecule has 0 bridgehead atoms. The van der Waals surface area contributed by atoms with E-state index < -0.39 is 12.0 Å². The van der Waals surface area contributed by atoms with E-state index in [1.807, 2.05) is 42.6 Å². The minimum absolute atomic E-state index is 0.241. The van der Waals surface area contributed by atoms with Crippen LogP contribution in [0, 0.1) is 6.92 Å². The van der Waals surface area contributed by atoms with Gasteiger partial charge >= 0.3 is 6.09 Å². The number of fused-ring (bicyclic) bond motifs is 1. The van der Waals surface area contributed by atoms with Crippen LogP contribution >= 0.6 is 11.3 Å². The smallest absolute Gasteiger partial charge is 0.409 e. The van der Waals surface area contributed by atoms with Crippen LogP contribution in [0.5, 0.6) is 17.4 Å². The fraction of sp³-hybridized carbons (Fsp3) is 0.114.